The molecule has 1 saturated heterocycles. The highest BCUT2D eigenvalue weighted by atomic mass is 16.5. The maximum Gasteiger partial charge on any atom is 0.122 e. The Morgan fingerprint density at radius 2 is 2.10 bits per heavy atom. The number of para-hydroxylation sites is 1. The third-order valence-corrected chi connectivity index (χ3v) is 4.79. The Hall–Kier alpha value is -1.06. The molecule has 2 heterocycles. The van der Waals surface area contributed by atoms with Gasteiger partial charge < -0.3 is 14.8 Å². The minimum absolute atomic E-state index is 0.595. The van der Waals surface area contributed by atoms with Crippen LogP contribution in [0.3, 0.4) is 0 Å². The topological polar surface area (TPSA) is 30.5 Å². The van der Waals surface area contributed by atoms with Crippen LogP contribution < -0.4 is 10.1 Å². The summed E-state index contributed by atoms with van der Waals surface area (Å²) in [4.78, 5) is 0. The number of hydrogen-bond donors (Lipinski definition) is 1. The second kappa shape index (κ2) is 7.28. The van der Waals surface area contributed by atoms with Crippen LogP contribution in [0.15, 0.2) is 24.3 Å². The molecule has 3 unspecified atom stereocenters. The van der Waals surface area contributed by atoms with E-state index in [1.54, 1.807) is 0 Å². The second-order valence-corrected chi connectivity index (χ2v) is 6.33. The van der Waals surface area contributed by atoms with E-state index in [2.05, 4.69) is 36.5 Å². The Morgan fingerprint density at radius 1 is 1.19 bits per heavy atom. The molecule has 21 heavy (non-hydrogen) atoms. The molecular weight excluding hydrogens is 262 g/mol. The van der Waals surface area contributed by atoms with Crippen molar-refractivity contribution >= 4 is 0 Å². The van der Waals surface area contributed by atoms with Gasteiger partial charge in [-0.25, -0.2) is 0 Å². The molecule has 116 valence electrons. The van der Waals surface area contributed by atoms with Gasteiger partial charge in [0.05, 0.1) is 6.61 Å². The van der Waals surface area contributed by atoms with Crippen LogP contribution >= 0.6 is 0 Å². The fourth-order valence-electron chi connectivity index (χ4n) is 3.73. The van der Waals surface area contributed by atoms with E-state index in [0.29, 0.717) is 12.0 Å². The zero-order chi connectivity index (χ0) is 14.5. The molecule has 0 saturated carbocycles. The van der Waals surface area contributed by atoms with Crippen LogP contribution in [0, 0.1) is 5.92 Å². The fraction of sp³-hybridized carbons (Fsp3) is 0.667. The summed E-state index contributed by atoms with van der Waals surface area (Å²) in [7, 11) is 0. The molecule has 3 heteroatoms. The van der Waals surface area contributed by atoms with Crippen molar-refractivity contribution in [3.05, 3.63) is 29.8 Å². The third kappa shape index (κ3) is 3.78. The van der Waals surface area contributed by atoms with Crippen LogP contribution in [-0.2, 0) is 4.74 Å². The minimum Gasteiger partial charge on any atom is -0.493 e. The van der Waals surface area contributed by atoms with Crippen LogP contribution in [0.25, 0.3) is 0 Å². The van der Waals surface area contributed by atoms with Gasteiger partial charge in [-0.2, -0.15) is 0 Å². The van der Waals surface area contributed by atoms with Crippen molar-refractivity contribution in [3.8, 4) is 5.75 Å². The summed E-state index contributed by atoms with van der Waals surface area (Å²) in [6.07, 6.45) is 4.82. The van der Waals surface area contributed by atoms with Gasteiger partial charge in [-0.3, -0.25) is 0 Å². The van der Waals surface area contributed by atoms with Crippen LogP contribution in [0.5, 0.6) is 5.75 Å². The molecule has 1 aromatic carbocycles. The monoisotopic (exact) mass is 289 g/mol. The van der Waals surface area contributed by atoms with Crippen molar-refractivity contribution in [2.45, 2.75) is 44.6 Å². The summed E-state index contributed by atoms with van der Waals surface area (Å²) in [5.41, 5.74) is 1.40. The van der Waals surface area contributed by atoms with Gasteiger partial charge in [-0.15, -0.1) is 0 Å². The first kappa shape index (κ1) is 14.9. The van der Waals surface area contributed by atoms with Crippen molar-refractivity contribution in [1.82, 2.24) is 5.32 Å². The smallest absolute Gasteiger partial charge is 0.122 e. The van der Waals surface area contributed by atoms with Gasteiger partial charge in [0.2, 0.25) is 0 Å². The van der Waals surface area contributed by atoms with Crippen molar-refractivity contribution in [3.63, 3.8) is 0 Å². The van der Waals surface area contributed by atoms with Crippen molar-refractivity contribution in [2.75, 3.05) is 26.4 Å². The third-order valence-electron chi connectivity index (χ3n) is 4.79. The van der Waals surface area contributed by atoms with Gasteiger partial charge in [0.25, 0.3) is 0 Å². The molecule has 0 amide bonds. The molecule has 0 spiro atoms. The quantitative estimate of drug-likeness (QED) is 0.871. The van der Waals surface area contributed by atoms with E-state index in [1.807, 2.05) is 0 Å². The van der Waals surface area contributed by atoms with E-state index in [4.69, 9.17) is 9.47 Å². The highest BCUT2D eigenvalue weighted by molar-refractivity contribution is 5.37. The van der Waals surface area contributed by atoms with Gasteiger partial charge in [0, 0.05) is 19.3 Å². The molecule has 1 fully saturated rings. The van der Waals surface area contributed by atoms with Gasteiger partial charge in [-0.1, -0.05) is 25.1 Å². The Labute approximate surface area is 128 Å². The first-order valence-corrected chi connectivity index (χ1v) is 8.39. The highest BCUT2D eigenvalue weighted by Crippen LogP contribution is 2.37. The summed E-state index contributed by atoms with van der Waals surface area (Å²) in [5.74, 6) is 2.46. The van der Waals surface area contributed by atoms with Gasteiger partial charge in [0.15, 0.2) is 0 Å². The molecule has 2 aliphatic rings. The van der Waals surface area contributed by atoms with Crippen molar-refractivity contribution in [2.24, 2.45) is 5.92 Å². The molecule has 3 rings (SSSR count). The Kier molecular flexibility index (Phi) is 5.15. The van der Waals surface area contributed by atoms with Gasteiger partial charge in [-0.05, 0) is 55.7 Å². The summed E-state index contributed by atoms with van der Waals surface area (Å²) in [6, 6.07) is 9.14. The zero-order valence-electron chi connectivity index (χ0n) is 13.0. The van der Waals surface area contributed by atoms with Gasteiger partial charge >= 0.3 is 0 Å². The van der Waals surface area contributed by atoms with E-state index >= 15 is 0 Å². The molecule has 0 bridgehead atoms. The molecule has 2 aliphatic heterocycles. The summed E-state index contributed by atoms with van der Waals surface area (Å²) in [6.45, 7) is 6.00. The first-order valence-electron chi connectivity index (χ1n) is 8.39. The molecule has 3 atom stereocenters. The summed E-state index contributed by atoms with van der Waals surface area (Å²) in [5, 5.41) is 3.69. The van der Waals surface area contributed by atoms with E-state index < -0.39 is 0 Å². The van der Waals surface area contributed by atoms with Crippen molar-refractivity contribution in [1.29, 1.82) is 0 Å². The fourth-order valence-corrected chi connectivity index (χ4v) is 3.73. The lowest BCUT2D eigenvalue weighted by molar-refractivity contribution is 0.179. The van der Waals surface area contributed by atoms with Crippen LogP contribution in [0.1, 0.15) is 44.1 Å². The average Bonchev–Trinajstić information content (AvgIpc) is 3.01. The number of nitrogens with one attached hydrogen (secondary N) is 1. The van der Waals surface area contributed by atoms with Crippen LogP contribution in [-0.4, -0.2) is 32.4 Å². The average molecular weight is 289 g/mol. The number of ether oxygens (including phenoxy) is 2. The molecule has 0 aromatic heterocycles. The largest absolute Gasteiger partial charge is 0.493 e. The van der Waals surface area contributed by atoms with Crippen LogP contribution in [0.2, 0.25) is 0 Å². The summed E-state index contributed by atoms with van der Waals surface area (Å²) >= 11 is 0. The van der Waals surface area contributed by atoms with E-state index in [1.165, 1.54) is 24.8 Å². The Bertz CT molecular complexity index is 443. The Balaban J connectivity index is 1.65. The predicted molar refractivity (Wildman–Crippen MR) is 84.9 cm³/mol. The normalized spacial score (nSPS) is 26.1. The molecular formula is C18H27NO2. The second-order valence-electron chi connectivity index (χ2n) is 6.33. The number of fused-ring (bicyclic) bond motifs is 1. The number of rotatable bonds is 6. The maximum atomic E-state index is 5.79. The molecule has 3 nitrogen and oxygen atoms in total. The predicted octanol–water partition coefficient (Wildman–Crippen LogP) is 3.35. The van der Waals surface area contributed by atoms with E-state index in [0.717, 1.165) is 44.5 Å². The van der Waals surface area contributed by atoms with Crippen molar-refractivity contribution < 1.29 is 9.47 Å². The van der Waals surface area contributed by atoms with E-state index in [9.17, 15) is 0 Å². The lowest BCUT2D eigenvalue weighted by atomic mass is 9.84. The maximum absolute atomic E-state index is 5.79. The molecule has 1 N–H and O–H groups in total. The number of hydrogen-bond acceptors (Lipinski definition) is 3. The van der Waals surface area contributed by atoms with Crippen LogP contribution in [0.4, 0.5) is 0 Å². The van der Waals surface area contributed by atoms with E-state index in [-0.39, 0.29) is 0 Å². The first-order chi connectivity index (χ1) is 10.4. The highest BCUT2D eigenvalue weighted by Gasteiger charge is 2.26. The lowest BCUT2D eigenvalue weighted by Gasteiger charge is -2.30. The number of benzene rings is 1. The molecule has 0 aliphatic carbocycles. The zero-order valence-corrected chi connectivity index (χ0v) is 13.0. The standard InChI is InChI=1S/C18H27NO2/c1-2-19-16(11-14-7-9-20-13-14)12-15-8-10-21-18-6-4-3-5-17(15)18/h3-6,14-16,19H,2,7-13H2,1H3. The lowest BCUT2D eigenvalue weighted by Crippen LogP contribution is -2.33. The molecule has 1 aromatic rings. The van der Waals surface area contributed by atoms with Gasteiger partial charge in [0.1, 0.15) is 5.75 Å². The SMILES string of the molecule is CCNC(CC1CCOC1)CC1CCOc2ccccc21. The minimum atomic E-state index is 0.595. The molecule has 0 radical (unpaired) electrons. The Morgan fingerprint density at radius 3 is 2.90 bits per heavy atom. The summed E-state index contributed by atoms with van der Waals surface area (Å²) < 4.78 is 11.3.